The summed E-state index contributed by atoms with van der Waals surface area (Å²) in [4.78, 5) is 4.00. The Kier molecular flexibility index (Phi) is 4.28. The summed E-state index contributed by atoms with van der Waals surface area (Å²) >= 11 is 1.08. The summed E-state index contributed by atoms with van der Waals surface area (Å²) in [6.07, 6.45) is -0.244. The number of hydrogen-bond donors (Lipinski definition) is 1. The number of fused-ring (bicyclic) bond motifs is 1. The van der Waals surface area contributed by atoms with E-state index in [-0.39, 0.29) is 11.6 Å². The summed E-state index contributed by atoms with van der Waals surface area (Å²) in [5, 5.41) is -0.0157. The zero-order valence-electron chi connectivity index (χ0n) is 10.1. The first kappa shape index (κ1) is 15.2. The third-order valence-corrected chi connectivity index (χ3v) is 5.29. The van der Waals surface area contributed by atoms with Gasteiger partial charge in [-0.25, -0.2) is 4.98 Å². The summed E-state index contributed by atoms with van der Waals surface area (Å²) in [6, 6.07) is 7.08. The van der Waals surface area contributed by atoms with Crippen molar-refractivity contribution in [1.29, 1.82) is 0 Å². The van der Waals surface area contributed by atoms with Crippen LogP contribution in [0.1, 0.15) is 6.42 Å². The van der Waals surface area contributed by atoms with E-state index in [9.17, 15) is 16.8 Å². The second-order valence-electron chi connectivity index (χ2n) is 3.93. The van der Waals surface area contributed by atoms with Crippen LogP contribution in [0.4, 0.5) is 0 Å². The zero-order chi connectivity index (χ0) is 14.8. The molecule has 2 rings (SSSR count). The lowest BCUT2D eigenvalue weighted by molar-refractivity contribution is 0.477. The molecular formula is C10H11NO6S3. The summed E-state index contributed by atoms with van der Waals surface area (Å²) in [5.74, 6) is -1.14. The molecule has 0 atom stereocenters. The van der Waals surface area contributed by atoms with Crippen LogP contribution in [0, 0.1) is 0 Å². The highest BCUT2D eigenvalue weighted by Gasteiger charge is 2.17. The average molecular weight is 337 g/mol. The number of para-hydroxylation sites is 1. The van der Waals surface area contributed by atoms with E-state index in [1.165, 1.54) is 0 Å². The van der Waals surface area contributed by atoms with Crippen molar-refractivity contribution in [2.45, 2.75) is 6.42 Å². The van der Waals surface area contributed by atoms with Crippen LogP contribution in [0.5, 0.6) is 5.19 Å². The normalized spacial score (nSPS) is 12.7. The largest absolute Gasteiger partial charge is 0.351 e. The quantitative estimate of drug-likeness (QED) is 0.624. The SMILES string of the molecule is O=S(=O)(O)CCCS(=O)(=O)Oc1nc2ccccc2s1. The molecule has 20 heavy (non-hydrogen) atoms. The Morgan fingerprint density at radius 3 is 2.50 bits per heavy atom. The Morgan fingerprint density at radius 2 is 1.85 bits per heavy atom. The molecule has 0 aliphatic rings. The smallest absolute Gasteiger partial charge is 0.311 e. The van der Waals surface area contributed by atoms with Gasteiger partial charge in [-0.05, 0) is 18.6 Å². The van der Waals surface area contributed by atoms with Gasteiger partial charge in [0.15, 0.2) is 0 Å². The van der Waals surface area contributed by atoms with E-state index in [0.717, 1.165) is 16.0 Å². The molecule has 0 aliphatic carbocycles. The Balaban J connectivity index is 2.04. The third kappa shape index (κ3) is 4.40. The van der Waals surface area contributed by atoms with Gasteiger partial charge in [0, 0.05) is 0 Å². The number of rotatable bonds is 6. The maximum absolute atomic E-state index is 11.6. The minimum atomic E-state index is -4.17. The number of benzene rings is 1. The van der Waals surface area contributed by atoms with E-state index >= 15 is 0 Å². The fraction of sp³-hybridized carbons (Fsp3) is 0.300. The molecule has 0 bridgehead atoms. The lowest BCUT2D eigenvalue weighted by Gasteiger charge is -2.02. The van der Waals surface area contributed by atoms with E-state index in [4.69, 9.17) is 8.74 Å². The second kappa shape index (κ2) is 5.64. The van der Waals surface area contributed by atoms with Crippen LogP contribution in [-0.4, -0.2) is 37.9 Å². The molecule has 1 N–H and O–H groups in total. The predicted octanol–water partition coefficient (Wildman–Crippen LogP) is 1.28. The highest BCUT2D eigenvalue weighted by molar-refractivity contribution is 7.87. The molecule has 0 radical (unpaired) electrons. The Bertz CT molecular complexity index is 775. The maximum atomic E-state index is 11.6. The van der Waals surface area contributed by atoms with Gasteiger partial charge in [-0.2, -0.15) is 16.8 Å². The van der Waals surface area contributed by atoms with Crippen LogP contribution in [0.25, 0.3) is 10.2 Å². The molecule has 0 saturated heterocycles. The van der Waals surface area contributed by atoms with Crippen molar-refractivity contribution in [2.75, 3.05) is 11.5 Å². The van der Waals surface area contributed by atoms with Crippen molar-refractivity contribution >= 4 is 41.8 Å². The molecule has 7 nitrogen and oxygen atoms in total. The van der Waals surface area contributed by atoms with Gasteiger partial charge in [-0.1, -0.05) is 23.5 Å². The van der Waals surface area contributed by atoms with Gasteiger partial charge >= 0.3 is 10.1 Å². The molecule has 0 amide bonds. The first-order chi connectivity index (χ1) is 9.25. The van der Waals surface area contributed by atoms with Crippen molar-refractivity contribution in [1.82, 2.24) is 4.98 Å². The van der Waals surface area contributed by atoms with Gasteiger partial charge < -0.3 is 4.18 Å². The van der Waals surface area contributed by atoms with Crippen LogP contribution in [0.3, 0.4) is 0 Å². The zero-order valence-corrected chi connectivity index (χ0v) is 12.5. The maximum Gasteiger partial charge on any atom is 0.311 e. The Morgan fingerprint density at radius 1 is 1.15 bits per heavy atom. The van der Waals surface area contributed by atoms with E-state index < -0.39 is 31.7 Å². The summed E-state index contributed by atoms with van der Waals surface area (Å²) in [6.45, 7) is 0. The van der Waals surface area contributed by atoms with Crippen LogP contribution < -0.4 is 4.18 Å². The van der Waals surface area contributed by atoms with E-state index in [2.05, 4.69) is 4.98 Å². The van der Waals surface area contributed by atoms with Crippen LogP contribution >= 0.6 is 11.3 Å². The topological polar surface area (TPSA) is 111 Å². The van der Waals surface area contributed by atoms with Gasteiger partial charge in [0.1, 0.15) is 0 Å². The third-order valence-electron chi connectivity index (χ3n) is 2.27. The monoisotopic (exact) mass is 337 g/mol. The summed E-state index contributed by atoms with van der Waals surface area (Å²) < 4.78 is 58.4. The van der Waals surface area contributed by atoms with Crippen molar-refractivity contribution in [3.05, 3.63) is 24.3 Å². The van der Waals surface area contributed by atoms with Gasteiger partial charge in [0.25, 0.3) is 15.3 Å². The van der Waals surface area contributed by atoms with Crippen LogP contribution in [0.2, 0.25) is 0 Å². The number of hydrogen-bond acceptors (Lipinski definition) is 7. The minimum absolute atomic E-state index is 0.0157. The fourth-order valence-corrected chi connectivity index (χ4v) is 4.13. The van der Waals surface area contributed by atoms with Crippen LogP contribution in [0.15, 0.2) is 24.3 Å². The average Bonchev–Trinajstić information content (AvgIpc) is 2.67. The van der Waals surface area contributed by atoms with Gasteiger partial charge in [0.2, 0.25) is 0 Å². The van der Waals surface area contributed by atoms with Crippen LogP contribution in [-0.2, 0) is 20.2 Å². The predicted molar refractivity (Wildman–Crippen MR) is 75.1 cm³/mol. The van der Waals surface area contributed by atoms with E-state index in [0.29, 0.717) is 5.52 Å². The molecule has 0 fully saturated rings. The highest BCUT2D eigenvalue weighted by atomic mass is 32.2. The second-order valence-corrected chi connectivity index (χ2v) is 8.19. The van der Waals surface area contributed by atoms with Gasteiger partial charge in [0.05, 0.1) is 21.7 Å². The van der Waals surface area contributed by atoms with Crippen molar-refractivity contribution in [3.8, 4) is 5.19 Å². The fourth-order valence-electron chi connectivity index (χ4n) is 1.46. The molecule has 1 heterocycles. The number of thiazole rings is 1. The lowest BCUT2D eigenvalue weighted by atomic mass is 10.3. The summed E-state index contributed by atoms with van der Waals surface area (Å²) in [7, 11) is -8.11. The molecule has 1 aromatic carbocycles. The van der Waals surface area contributed by atoms with Crippen molar-refractivity contribution in [3.63, 3.8) is 0 Å². The molecular weight excluding hydrogens is 326 g/mol. The molecule has 10 heteroatoms. The van der Waals surface area contributed by atoms with Crippen molar-refractivity contribution in [2.24, 2.45) is 0 Å². The molecule has 0 saturated carbocycles. The number of aromatic nitrogens is 1. The molecule has 0 unspecified atom stereocenters. The van der Waals surface area contributed by atoms with E-state index in [1.807, 2.05) is 0 Å². The first-order valence-electron chi connectivity index (χ1n) is 5.48. The molecule has 1 aromatic heterocycles. The summed E-state index contributed by atoms with van der Waals surface area (Å²) in [5.41, 5.74) is 0.626. The van der Waals surface area contributed by atoms with Gasteiger partial charge in [-0.15, -0.1) is 0 Å². The number of nitrogens with zero attached hydrogens (tertiary/aromatic N) is 1. The molecule has 0 aliphatic heterocycles. The highest BCUT2D eigenvalue weighted by Crippen LogP contribution is 2.28. The Hall–Kier alpha value is -1.23. The molecule has 2 aromatic rings. The standard InChI is InChI=1S/C10H11NO6S3/c12-19(13,14)6-3-7-20(15,16)17-10-11-8-4-1-2-5-9(8)18-10/h1-2,4-5H,3,6-7H2,(H,12,13,14). The molecule has 110 valence electrons. The lowest BCUT2D eigenvalue weighted by Crippen LogP contribution is -2.16. The minimum Gasteiger partial charge on any atom is -0.351 e. The van der Waals surface area contributed by atoms with E-state index in [1.54, 1.807) is 24.3 Å². The first-order valence-corrected chi connectivity index (χ1v) is 9.48. The molecule has 0 spiro atoms. The Labute approximate surface area is 120 Å². The van der Waals surface area contributed by atoms with Gasteiger partial charge in [-0.3, -0.25) is 4.55 Å². The van der Waals surface area contributed by atoms with Crippen molar-refractivity contribution < 1.29 is 25.6 Å².